The fraction of sp³-hybridized carbons (Fsp3) is 0.423. The van der Waals surface area contributed by atoms with Crippen LogP contribution in [-0.4, -0.2) is 44.7 Å². The number of rotatable bonds is 7. The molecule has 9 heteroatoms. The van der Waals surface area contributed by atoms with E-state index in [-0.39, 0.29) is 23.7 Å². The number of hydrogen-bond acceptors (Lipinski definition) is 4. The molecule has 6 nitrogen and oxygen atoms in total. The van der Waals surface area contributed by atoms with Crippen molar-refractivity contribution in [2.45, 2.75) is 57.8 Å². The first-order valence-electron chi connectivity index (χ1n) is 11.9. The lowest BCUT2D eigenvalue weighted by Crippen LogP contribution is -2.46. The fourth-order valence-corrected chi connectivity index (χ4v) is 4.57. The summed E-state index contributed by atoms with van der Waals surface area (Å²) in [5.74, 6) is -0.0919. The second-order valence-electron chi connectivity index (χ2n) is 9.23. The Labute approximate surface area is 203 Å². The van der Waals surface area contributed by atoms with Crippen LogP contribution >= 0.6 is 0 Å². The lowest BCUT2D eigenvalue weighted by Gasteiger charge is -2.36. The number of carbonyl (C=O) groups is 1. The van der Waals surface area contributed by atoms with Gasteiger partial charge in [0.25, 0.3) is 5.91 Å². The molecule has 4 rings (SSSR count). The smallest absolute Gasteiger partial charge is 0.350 e. The number of alkyl halides is 3. The van der Waals surface area contributed by atoms with Gasteiger partial charge in [0.15, 0.2) is 5.82 Å². The quantitative estimate of drug-likeness (QED) is 0.500. The van der Waals surface area contributed by atoms with Crippen LogP contribution in [0.3, 0.4) is 0 Å². The Morgan fingerprint density at radius 2 is 1.89 bits per heavy atom. The van der Waals surface area contributed by atoms with E-state index in [2.05, 4.69) is 32.4 Å². The van der Waals surface area contributed by atoms with Crippen molar-refractivity contribution in [1.29, 1.82) is 0 Å². The number of benzene rings is 1. The highest BCUT2D eigenvalue weighted by Gasteiger charge is 2.31. The molecule has 1 N–H and O–H groups in total. The third-order valence-electron chi connectivity index (χ3n) is 6.37. The molecule has 1 aliphatic heterocycles. The summed E-state index contributed by atoms with van der Waals surface area (Å²) in [6.07, 6.45) is 1.06. The Kier molecular flexibility index (Phi) is 7.54. The topological polar surface area (TPSA) is 63.1 Å². The van der Waals surface area contributed by atoms with Crippen molar-refractivity contribution in [3.05, 3.63) is 77.2 Å². The van der Waals surface area contributed by atoms with Gasteiger partial charge in [0.2, 0.25) is 0 Å². The number of hydrogen-bond donors (Lipinski definition) is 1. The molecule has 0 unspecified atom stereocenters. The summed E-state index contributed by atoms with van der Waals surface area (Å²) in [6, 6.07) is 12.8. The van der Waals surface area contributed by atoms with Gasteiger partial charge in [0.05, 0.1) is 23.0 Å². The Morgan fingerprint density at radius 3 is 2.54 bits per heavy atom. The van der Waals surface area contributed by atoms with Crippen LogP contribution in [0, 0.1) is 0 Å². The van der Waals surface area contributed by atoms with Gasteiger partial charge in [-0.1, -0.05) is 50.6 Å². The maximum atomic E-state index is 13.2. The summed E-state index contributed by atoms with van der Waals surface area (Å²) < 4.78 is 40.2. The average Bonchev–Trinajstić information content (AvgIpc) is 3.29. The normalized spacial score (nSPS) is 17.0. The van der Waals surface area contributed by atoms with Crippen molar-refractivity contribution in [2.24, 2.45) is 0 Å². The second-order valence-corrected chi connectivity index (χ2v) is 9.23. The van der Waals surface area contributed by atoms with Gasteiger partial charge >= 0.3 is 6.18 Å². The van der Waals surface area contributed by atoms with Gasteiger partial charge in [0.1, 0.15) is 0 Å². The van der Waals surface area contributed by atoms with E-state index in [1.807, 2.05) is 32.0 Å². The van der Waals surface area contributed by atoms with Crippen molar-refractivity contribution in [1.82, 2.24) is 25.0 Å². The van der Waals surface area contributed by atoms with Crippen LogP contribution < -0.4 is 5.32 Å². The molecule has 0 aliphatic carbocycles. The first kappa shape index (κ1) is 24.9. The zero-order valence-electron chi connectivity index (χ0n) is 19.9. The predicted octanol–water partition coefficient (Wildman–Crippen LogP) is 5.19. The van der Waals surface area contributed by atoms with E-state index in [1.165, 1.54) is 22.5 Å². The largest absolute Gasteiger partial charge is 0.417 e. The maximum absolute atomic E-state index is 13.2. The first-order chi connectivity index (χ1) is 16.7. The molecule has 1 aromatic carbocycles. The summed E-state index contributed by atoms with van der Waals surface area (Å²) >= 11 is 0. The van der Waals surface area contributed by atoms with Crippen LogP contribution in [0.4, 0.5) is 13.2 Å². The Morgan fingerprint density at radius 1 is 1.11 bits per heavy atom. The van der Waals surface area contributed by atoms with Gasteiger partial charge < -0.3 is 5.32 Å². The molecule has 1 amide bonds. The molecule has 0 radical (unpaired) electrons. The molecule has 1 saturated heterocycles. The molecule has 35 heavy (non-hydrogen) atoms. The molecule has 1 fully saturated rings. The SMILES string of the molecule is CC(C)c1c(C(=O)NC[C@@H]2CCCCN2Cc2ccccc2)cnn1-c1ccc(C(F)(F)F)cn1. The number of halogens is 3. The first-order valence-corrected chi connectivity index (χ1v) is 11.9. The van der Waals surface area contributed by atoms with Crippen LogP contribution in [-0.2, 0) is 12.7 Å². The predicted molar refractivity (Wildman–Crippen MR) is 127 cm³/mol. The maximum Gasteiger partial charge on any atom is 0.417 e. The van der Waals surface area contributed by atoms with E-state index < -0.39 is 11.7 Å². The van der Waals surface area contributed by atoms with Crippen molar-refractivity contribution < 1.29 is 18.0 Å². The molecule has 0 spiro atoms. The average molecular weight is 486 g/mol. The Balaban J connectivity index is 1.48. The highest BCUT2D eigenvalue weighted by Crippen LogP contribution is 2.29. The number of nitrogens with one attached hydrogen (secondary N) is 1. The van der Waals surface area contributed by atoms with Crippen molar-refractivity contribution >= 4 is 5.91 Å². The molecule has 0 saturated carbocycles. The number of likely N-dealkylation sites (tertiary alicyclic amines) is 1. The highest BCUT2D eigenvalue weighted by molar-refractivity contribution is 5.95. The van der Waals surface area contributed by atoms with Crippen molar-refractivity contribution in [2.75, 3.05) is 13.1 Å². The Hall–Kier alpha value is -3.20. The van der Waals surface area contributed by atoms with Gasteiger partial charge in [-0.2, -0.15) is 18.3 Å². The molecule has 0 bridgehead atoms. The molecule has 1 atom stereocenters. The van der Waals surface area contributed by atoms with E-state index in [0.29, 0.717) is 17.8 Å². The molecule has 1 aliphatic rings. The lowest BCUT2D eigenvalue weighted by atomic mass is 10.0. The lowest BCUT2D eigenvalue weighted by molar-refractivity contribution is -0.137. The van der Waals surface area contributed by atoms with E-state index in [4.69, 9.17) is 0 Å². The van der Waals surface area contributed by atoms with Crippen LogP contribution in [0.25, 0.3) is 5.82 Å². The van der Waals surface area contributed by atoms with Gasteiger partial charge in [-0.3, -0.25) is 9.69 Å². The zero-order valence-corrected chi connectivity index (χ0v) is 19.9. The molecular weight excluding hydrogens is 455 g/mol. The van der Waals surface area contributed by atoms with Gasteiger partial charge in [-0.15, -0.1) is 0 Å². The number of carbonyl (C=O) groups excluding carboxylic acids is 1. The molecule has 2 aromatic heterocycles. The summed E-state index contributed by atoms with van der Waals surface area (Å²) in [6.45, 7) is 6.18. The number of aromatic nitrogens is 3. The fourth-order valence-electron chi connectivity index (χ4n) is 4.57. The zero-order chi connectivity index (χ0) is 25.0. The van der Waals surface area contributed by atoms with Crippen molar-refractivity contribution in [3.63, 3.8) is 0 Å². The monoisotopic (exact) mass is 485 g/mol. The third kappa shape index (κ3) is 5.90. The third-order valence-corrected chi connectivity index (χ3v) is 6.37. The van der Waals surface area contributed by atoms with E-state index in [9.17, 15) is 18.0 Å². The van der Waals surface area contributed by atoms with Crippen LogP contribution in [0.5, 0.6) is 0 Å². The van der Waals surface area contributed by atoms with Crippen LogP contribution in [0.2, 0.25) is 0 Å². The van der Waals surface area contributed by atoms with E-state index in [0.717, 1.165) is 44.6 Å². The van der Waals surface area contributed by atoms with Gasteiger partial charge in [-0.05, 0) is 43.0 Å². The standard InChI is InChI=1S/C26H30F3N5O/c1-18(2)24-22(16-32-34(24)23-12-11-20(14-30-23)26(27,28)29)25(35)31-15-21-10-6-7-13-33(21)17-19-8-4-3-5-9-19/h3-5,8-9,11-12,14,16,18,21H,6-7,10,13,15,17H2,1-2H3,(H,31,35)/t21-/m0/s1. The van der Waals surface area contributed by atoms with Crippen LogP contribution in [0.1, 0.15) is 66.2 Å². The summed E-state index contributed by atoms with van der Waals surface area (Å²) in [4.78, 5) is 19.5. The highest BCUT2D eigenvalue weighted by atomic mass is 19.4. The van der Waals surface area contributed by atoms with Gasteiger partial charge in [0, 0.05) is 25.3 Å². The summed E-state index contributed by atoms with van der Waals surface area (Å²) in [7, 11) is 0. The number of amides is 1. The molecule has 186 valence electrons. The minimum atomic E-state index is -4.46. The van der Waals surface area contributed by atoms with Gasteiger partial charge in [-0.25, -0.2) is 9.67 Å². The number of piperidine rings is 1. The van der Waals surface area contributed by atoms with E-state index in [1.54, 1.807) is 0 Å². The summed E-state index contributed by atoms with van der Waals surface area (Å²) in [5, 5.41) is 7.36. The number of nitrogens with zero attached hydrogens (tertiary/aromatic N) is 4. The van der Waals surface area contributed by atoms with E-state index >= 15 is 0 Å². The van der Waals surface area contributed by atoms with Crippen molar-refractivity contribution in [3.8, 4) is 5.82 Å². The minimum absolute atomic E-state index is 0.0911. The second kappa shape index (κ2) is 10.6. The number of pyridine rings is 1. The molecule has 3 heterocycles. The molecular formula is C26H30F3N5O. The minimum Gasteiger partial charge on any atom is -0.350 e. The molecule has 3 aromatic rings. The van der Waals surface area contributed by atoms with Crippen LogP contribution in [0.15, 0.2) is 54.9 Å². The summed E-state index contributed by atoms with van der Waals surface area (Å²) in [5.41, 5.74) is 1.44. The Bertz CT molecular complexity index is 1130.